The fourth-order valence-corrected chi connectivity index (χ4v) is 5.25. The van der Waals surface area contributed by atoms with Crippen LogP contribution in [0.4, 0.5) is 17.1 Å². The number of benzene rings is 2. The summed E-state index contributed by atoms with van der Waals surface area (Å²) in [6, 6.07) is 13.0. The molecular formula is C20H24N4O4S. The van der Waals surface area contributed by atoms with Gasteiger partial charge in [-0.05, 0) is 56.6 Å². The fraction of sp³-hybridized carbons (Fsp3) is 0.400. The minimum atomic E-state index is -3.91. The highest BCUT2D eigenvalue weighted by Crippen LogP contribution is 2.34. The predicted octanol–water partition coefficient (Wildman–Crippen LogP) is 3.07. The molecule has 1 unspecified atom stereocenters. The number of nitro benzene ring substituents is 1. The van der Waals surface area contributed by atoms with Crippen molar-refractivity contribution in [2.75, 3.05) is 35.8 Å². The van der Waals surface area contributed by atoms with Crippen LogP contribution < -0.4 is 9.62 Å². The number of likely N-dealkylation sites (tertiary alicyclic amines) is 1. The lowest BCUT2D eigenvalue weighted by atomic mass is 10.2. The molecule has 9 heteroatoms. The molecule has 1 N–H and O–H groups in total. The van der Waals surface area contributed by atoms with Crippen molar-refractivity contribution in [1.29, 1.82) is 0 Å². The van der Waals surface area contributed by atoms with E-state index >= 15 is 0 Å². The predicted molar refractivity (Wildman–Crippen MR) is 112 cm³/mol. The molecule has 2 aromatic rings. The van der Waals surface area contributed by atoms with E-state index in [1.807, 2.05) is 4.90 Å². The zero-order valence-corrected chi connectivity index (χ0v) is 16.8. The van der Waals surface area contributed by atoms with E-state index in [0.717, 1.165) is 38.7 Å². The van der Waals surface area contributed by atoms with Crippen LogP contribution in [0.2, 0.25) is 0 Å². The molecule has 0 spiro atoms. The highest BCUT2D eigenvalue weighted by Gasteiger charge is 2.33. The number of hydrogen-bond donors (Lipinski definition) is 1. The molecule has 0 radical (unpaired) electrons. The van der Waals surface area contributed by atoms with Crippen molar-refractivity contribution in [1.82, 2.24) is 4.90 Å². The van der Waals surface area contributed by atoms with Gasteiger partial charge in [0.2, 0.25) is 0 Å². The molecular weight excluding hydrogens is 392 g/mol. The summed E-state index contributed by atoms with van der Waals surface area (Å²) in [6.07, 6.45) is 3.38. The number of hydrogen-bond acceptors (Lipinski definition) is 6. The maximum Gasteiger partial charge on any atom is 0.293 e. The Bertz CT molecular complexity index is 991. The van der Waals surface area contributed by atoms with Gasteiger partial charge < -0.3 is 4.90 Å². The van der Waals surface area contributed by atoms with Crippen LogP contribution in [-0.4, -0.2) is 50.5 Å². The third kappa shape index (κ3) is 4.20. The summed E-state index contributed by atoms with van der Waals surface area (Å²) >= 11 is 0. The summed E-state index contributed by atoms with van der Waals surface area (Å²) in [4.78, 5) is 15.5. The Balaban J connectivity index is 1.58. The van der Waals surface area contributed by atoms with Gasteiger partial charge in [-0.1, -0.05) is 18.2 Å². The molecule has 2 heterocycles. The maximum atomic E-state index is 12.7. The van der Waals surface area contributed by atoms with E-state index in [0.29, 0.717) is 17.4 Å². The summed E-state index contributed by atoms with van der Waals surface area (Å²) in [5.74, 6) is 0. The van der Waals surface area contributed by atoms with Gasteiger partial charge in [-0.15, -0.1) is 0 Å². The molecule has 0 saturated carbocycles. The Hall–Kier alpha value is -2.65. The van der Waals surface area contributed by atoms with Crippen molar-refractivity contribution in [2.45, 2.75) is 30.2 Å². The number of rotatable bonds is 6. The second-order valence-electron chi connectivity index (χ2n) is 7.51. The van der Waals surface area contributed by atoms with E-state index in [9.17, 15) is 18.5 Å². The van der Waals surface area contributed by atoms with Gasteiger partial charge in [0, 0.05) is 30.9 Å². The number of anilines is 2. The molecule has 0 aliphatic carbocycles. The van der Waals surface area contributed by atoms with Crippen LogP contribution in [0.15, 0.2) is 53.4 Å². The van der Waals surface area contributed by atoms with Crippen LogP contribution in [-0.2, 0) is 10.0 Å². The van der Waals surface area contributed by atoms with Crippen molar-refractivity contribution in [3.05, 3.63) is 58.6 Å². The van der Waals surface area contributed by atoms with Crippen molar-refractivity contribution < 1.29 is 13.3 Å². The summed E-state index contributed by atoms with van der Waals surface area (Å²) in [7, 11) is -3.91. The normalized spacial score (nSPS) is 20.1. The molecule has 0 amide bonds. The van der Waals surface area contributed by atoms with E-state index in [1.54, 1.807) is 36.4 Å². The number of nitro groups is 1. The molecule has 154 valence electrons. The number of nitrogens with one attached hydrogen (secondary N) is 1. The molecule has 2 aromatic carbocycles. The first-order valence-corrected chi connectivity index (χ1v) is 11.3. The summed E-state index contributed by atoms with van der Waals surface area (Å²) < 4.78 is 27.8. The summed E-state index contributed by atoms with van der Waals surface area (Å²) in [5.41, 5.74) is 0.714. The topological polar surface area (TPSA) is 95.8 Å². The van der Waals surface area contributed by atoms with Gasteiger partial charge in [-0.3, -0.25) is 19.7 Å². The molecule has 2 saturated heterocycles. The van der Waals surface area contributed by atoms with Gasteiger partial charge in [-0.2, -0.15) is 0 Å². The minimum absolute atomic E-state index is 0.118. The highest BCUT2D eigenvalue weighted by atomic mass is 32.2. The average molecular weight is 417 g/mol. The second-order valence-corrected chi connectivity index (χ2v) is 9.19. The van der Waals surface area contributed by atoms with Gasteiger partial charge in [0.1, 0.15) is 5.69 Å². The monoisotopic (exact) mass is 416 g/mol. The highest BCUT2D eigenvalue weighted by molar-refractivity contribution is 7.92. The van der Waals surface area contributed by atoms with E-state index in [1.165, 1.54) is 18.9 Å². The molecule has 29 heavy (non-hydrogen) atoms. The first-order valence-electron chi connectivity index (χ1n) is 9.79. The number of para-hydroxylation sites is 1. The van der Waals surface area contributed by atoms with Gasteiger partial charge in [0.05, 0.1) is 9.82 Å². The zero-order chi connectivity index (χ0) is 20.4. The quantitative estimate of drug-likeness (QED) is 0.574. The average Bonchev–Trinajstić information content (AvgIpc) is 3.39. The Morgan fingerprint density at radius 1 is 1.03 bits per heavy atom. The van der Waals surface area contributed by atoms with Crippen LogP contribution >= 0.6 is 0 Å². The van der Waals surface area contributed by atoms with Crippen molar-refractivity contribution in [3.63, 3.8) is 0 Å². The lowest BCUT2D eigenvalue weighted by Crippen LogP contribution is -2.35. The van der Waals surface area contributed by atoms with Crippen LogP contribution in [0, 0.1) is 10.1 Å². The van der Waals surface area contributed by atoms with Crippen LogP contribution in [0.5, 0.6) is 0 Å². The van der Waals surface area contributed by atoms with E-state index in [4.69, 9.17) is 0 Å². The Morgan fingerprint density at radius 3 is 2.45 bits per heavy atom. The van der Waals surface area contributed by atoms with E-state index < -0.39 is 14.9 Å². The van der Waals surface area contributed by atoms with Gasteiger partial charge in [0.15, 0.2) is 0 Å². The van der Waals surface area contributed by atoms with Crippen molar-refractivity contribution >= 4 is 27.1 Å². The maximum absolute atomic E-state index is 12.7. The molecule has 2 aliphatic heterocycles. The van der Waals surface area contributed by atoms with Crippen LogP contribution in [0.1, 0.15) is 19.3 Å². The molecule has 2 aliphatic rings. The van der Waals surface area contributed by atoms with Gasteiger partial charge >= 0.3 is 0 Å². The second kappa shape index (κ2) is 8.00. The number of sulfonamides is 1. The first kappa shape index (κ1) is 19.7. The molecule has 4 rings (SSSR count). The molecule has 8 nitrogen and oxygen atoms in total. The Kier molecular flexibility index (Phi) is 5.42. The minimum Gasteiger partial charge on any atom is -0.364 e. The first-order chi connectivity index (χ1) is 13.9. The summed E-state index contributed by atoms with van der Waals surface area (Å²) in [5, 5.41) is 11.7. The lowest BCUT2D eigenvalue weighted by Gasteiger charge is -2.24. The van der Waals surface area contributed by atoms with Crippen molar-refractivity contribution in [3.8, 4) is 0 Å². The largest absolute Gasteiger partial charge is 0.364 e. The third-order valence-corrected chi connectivity index (χ3v) is 7.02. The molecule has 1 atom stereocenters. The fourth-order valence-electron chi connectivity index (χ4n) is 4.17. The molecule has 0 bridgehead atoms. The smallest absolute Gasteiger partial charge is 0.293 e. The van der Waals surface area contributed by atoms with Gasteiger partial charge in [0.25, 0.3) is 15.7 Å². The van der Waals surface area contributed by atoms with Crippen molar-refractivity contribution in [2.24, 2.45) is 0 Å². The molecule has 0 aromatic heterocycles. The SMILES string of the molecule is O=[N+]([O-])c1cc(S(=O)(=O)Nc2ccccc2)ccc1N1CCC(N2CCCC2)C1. The van der Waals surface area contributed by atoms with E-state index in [-0.39, 0.29) is 10.6 Å². The zero-order valence-electron chi connectivity index (χ0n) is 16.0. The Morgan fingerprint density at radius 2 is 1.76 bits per heavy atom. The molecule has 2 fully saturated rings. The Labute approximate surface area is 170 Å². The standard InChI is InChI=1S/C20H24N4O4S/c25-24(26)20-14-18(29(27,28)21-16-6-2-1-3-7-16)8-9-19(20)23-13-10-17(15-23)22-11-4-5-12-22/h1-3,6-9,14,17,21H,4-5,10-13,15H2. The van der Waals surface area contributed by atoms with E-state index in [2.05, 4.69) is 9.62 Å². The number of nitrogens with zero attached hydrogens (tertiary/aromatic N) is 3. The third-order valence-electron chi connectivity index (χ3n) is 5.64. The summed E-state index contributed by atoms with van der Waals surface area (Å²) in [6.45, 7) is 3.64. The lowest BCUT2D eigenvalue weighted by molar-refractivity contribution is -0.384. The van der Waals surface area contributed by atoms with Crippen LogP contribution in [0.25, 0.3) is 0 Å². The van der Waals surface area contributed by atoms with Crippen LogP contribution in [0.3, 0.4) is 0 Å². The van der Waals surface area contributed by atoms with Gasteiger partial charge in [-0.25, -0.2) is 8.42 Å².